The molecular weight excluding hydrogens is 368 g/mol. The molecule has 0 unspecified atom stereocenters. The van der Waals surface area contributed by atoms with Gasteiger partial charge in [0.2, 0.25) is 0 Å². The number of esters is 1. The van der Waals surface area contributed by atoms with E-state index in [1.54, 1.807) is 19.1 Å². The Kier molecular flexibility index (Phi) is 4.18. The number of aromatic amines is 1. The van der Waals surface area contributed by atoms with Gasteiger partial charge in [-0.05, 0) is 47.1 Å². The topological polar surface area (TPSA) is 55.0 Å². The summed E-state index contributed by atoms with van der Waals surface area (Å²) in [7, 11) is 0. The maximum atomic E-state index is 11.9. The van der Waals surface area contributed by atoms with E-state index in [-0.39, 0.29) is 5.97 Å². The molecule has 22 heavy (non-hydrogen) atoms. The van der Waals surface area contributed by atoms with Gasteiger partial charge in [-0.3, -0.25) is 0 Å². The first-order valence-electron chi connectivity index (χ1n) is 6.71. The van der Waals surface area contributed by atoms with Gasteiger partial charge in [-0.1, -0.05) is 23.7 Å². The molecule has 3 rings (SSSR count). The fourth-order valence-corrected chi connectivity index (χ4v) is 2.92. The van der Waals surface area contributed by atoms with Crippen molar-refractivity contribution in [2.45, 2.75) is 6.92 Å². The molecule has 4 nitrogen and oxygen atoms in total. The quantitative estimate of drug-likeness (QED) is 0.664. The summed E-state index contributed by atoms with van der Waals surface area (Å²) in [4.78, 5) is 19.6. The van der Waals surface area contributed by atoms with Crippen LogP contribution in [0, 0.1) is 0 Å². The lowest BCUT2D eigenvalue weighted by Crippen LogP contribution is -2.04. The zero-order valence-electron chi connectivity index (χ0n) is 11.7. The maximum absolute atomic E-state index is 11.9. The number of fused-ring (bicyclic) bond motifs is 1. The summed E-state index contributed by atoms with van der Waals surface area (Å²) in [5.41, 5.74) is 2.87. The fraction of sp³-hybridized carbons (Fsp3) is 0.125. The Morgan fingerprint density at radius 3 is 2.91 bits per heavy atom. The monoisotopic (exact) mass is 378 g/mol. The van der Waals surface area contributed by atoms with E-state index >= 15 is 0 Å². The number of halogens is 2. The zero-order chi connectivity index (χ0) is 15.7. The summed E-state index contributed by atoms with van der Waals surface area (Å²) in [6.07, 6.45) is 0. The molecule has 3 aromatic rings. The third kappa shape index (κ3) is 2.87. The lowest BCUT2D eigenvalue weighted by molar-refractivity contribution is 0.0526. The molecule has 0 radical (unpaired) electrons. The predicted molar refractivity (Wildman–Crippen MR) is 90.2 cm³/mol. The number of carbonyl (C=O) groups excluding carboxylic acids is 1. The summed E-state index contributed by atoms with van der Waals surface area (Å²) < 4.78 is 5.76. The molecule has 1 heterocycles. The number of rotatable bonds is 3. The van der Waals surface area contributed by atoms with Crippen LogP contribution in [0.5, 0.6) is 0 Å². The molecule has 0 bridgehead atoms. The van der Waals surface area contributed by atoms with Gasteiger partial charge in [0.15, 0.2) is 0 Å². The number of nitrogens with zero attached hydrogens (tertiary/aromatic N) is 1. The third-order valence-electron chi connectivity index (χ3n) is 3.15. The summed E-state index contributed by atoms with van der Waals surface area (Å²) in [6, 6.07) is 10.9. The standard InChI is InChI=1S/C16H12BrClN2O2/c1-2-22-16(21)10-7-12(17)14-13(8-10)19-15(20-14)9-4-3-5-11(18)6-9/h3-8H,2H2,1H3,(H,19,20). The molecule has 0 aliphatic heterocycles. The normalized spacial score (nSPS) is 10.9. The van der Waals surface area contributed by atoms with Gasteiger partial charge in [-0.15, -0.1) is 0 Å². The lowest BCUT2D eigenvalue weighted by atomic mass is 10.2. The second-order valence-electron chi connectivity index (χ2n) is 4.67. The first-order chi connectivity index (χ1) is 10.6. The molecule has 0 aliphatic carbocycles. The Morgan fingerprint density at radius 1 is 1.36 bits per heavy atom. The summed E-state index contributed by atoms with van der Waals surface area (Å²) in [5.74, 6) is 0.336. The summed E-state index contributed by atoms with van der Waals surface area (Å²) in [5, 5.41) is 0.643. The van der Waals surface area contributed by atoms with E-state index in [0.29, 0.717) is 23.0 Å². The van der Waals surface area contributed by atoms with Crippen molar-refractivity contribution in [1.82, 2.24) is 9.97 Å². The number of benzene rings is 2. The fourth-order valence-electron chi connectivity index (χ4n) is 2.18. The van der Waals surface area contributed by atoms with Crippen LogP contribution in [0.15, 0.2) is 40.9 Å². The van der Waals surface area contributed by atoms with Gasteiger partial charge in [-0.2, -0.15) is 0 Å². The highest BCUT2D eigenvalue weighted by molar-refractivity contribution is 9.10. The van der Waals surface area contributed by atoms with Crippen molar-refractivity contribution in [3.63, 3.8) is 0 Å². The molecule has 0 aliphatic rings. The Hall–Kier alpha value is -1.85. The molecule has 1 N–H and O–H groups in total. The molecular formula is C16H12BrClN2O2. The van der Waals surface area contributed by atoms with Crippen LogP contribution >= 0.6 is 27.5 Å². The number of ether oxygens (including phenoxy) is 1. The van der Waals surface area contributed by atoms with Gasteiger partial charge in [-0.25, -0.2) is 9.78 Å². The number of hydrogen-bond donors (Lipinski definition) is 1. The molecule has 0 saturated carbocycles. The van der Waals surface area contributed by atoms with Crippen molar-refractivity contribution < 1.29 is 9.53 Å². The molecule has 0 amide bonds. The smallest absolute Gasteiger partial charge is 0.338 e. The first kappa shape index (κ1) is 15.1. The van der Waals surface area contributed by atoms with Crippen molar-refractivity contribution in [2.75, 3.05) is 6.61 Å². The molecule has 1 aromatic heterocycles. The number of imidazole rings is 1. The zero-order valence-corrected chi connectivity index (χ0v) is 14.0. The van der Waals surface area contributed by atoms with Gasteiger partial charge in [0.25, 0.3) is 0 Å². The van der Waals surface area contributed by atoms with Gasteiger partial charge in [0, 0.05) is 15.1 Å². The SMILES string of the molecule is CCOC(=O)c1cc(Br)c2nc(-c3cccc(Cl)c3)[nH]c2c1. The average Bonchev–Trinajstić information content (AvgIpc) is 2.92. The van der Waals surface area contributed by atoms with E-state index in [9.17, 15) is 4.79 Å². The summed E-state index contributed by atoms with van der Waals surface area (Å²) in [6.45, 7) is 2.12. The largest absolute Gasteiger partial charge is 0.462 e. The van der Waals surface area contributed by atoms with Crippen LogP contribution in [0.2, 0.25) is 5.02 Å². The van der Waals surface area contributed by atoms with Crippen LogP contribution in [-0.4, -0.2) is 22.5 Å². The van der Waals surface area contributed by atoms with E-state index in [0.717, 1.165) is 21.1 Å². The second kappa shape index (κ2) is 6.10. The van der Waals surface area contributed by atoms with Crippen LogP contribution in [0.4, 0.5) is 0 Å². The summed E-state index contributed by atoms with van der Waals surface area (Å²) >= 11 is 9.47. The van der Waals surface area contributed by atoms with Gasteiger partial charge >= 0.3 is 5.97 Å². The molecule has 112 valence electrons. The number of nitrogens with one attached hydrogen (secondary N) is 1. The minimum atomic E-state index is -0.357. The Bertz CT molecular complexity index is 860. The van der Waals surface area contributed by atoms with Gasteiger partial charge < -0.3 is 9.72 Å². The lowest BCUT2D eigenvalue weighted by Gasteiger charge is -2.02. The molecule has 0 saturated heterocycles. The van der Waals surface area contributed by atoms with Crippen LogP contribution in [0.1, 0.15) is 17.3 Å². The van der Waals surface area contributed by atoms with E-state index in [1.807, 2.05) is 24.3 Å². The number of carbonyl (C=O) groups is 1. The second-order valence-corrected chi connectivity index (χ2v) is 5.96. The molecule has 0 fully saturated rings. The number of hydrogen-bond acceptors (Lipinski definition) is 3. The minimum Gasteiger partial charge on any atom is -0.462 e. The highest BCUT2D eigenvalue weighted by Crippen LogP contribution is 2.28. The highest BCUT2D eigenvalue weighted by Gasteiger charge is 2.14. The van der Waals surface area contributed by atoms with Gasteiger partial charge in [0.1, 0.15) is 11.3 Å². The number of aromatic nitrogens is 2. The average molecular weight is 380 g/mol. The van der Waals surface area contributed by atoms with Crippen LogP contribution < -0.4 is 0 Å². The van der Waals surface area contributed by atoms with Crippen molar-refractivity contribution in [2.24, 2.45) is 0 Å². The van der Waals surface area contributed by atoms with Crippen molar-refractivity contribution >= 4 is 44.5 Å². The van der Waals surface area contributed by atoms with E-state index in [1.165, 1.54) is 0 Å². The molecule has 0 atom stereocenters. The Morgan fingerprint density at radius 2 is 2.18 bits per heavy atom. The number of H-pyrrole nitrogens is 1. The Labute approximate surface area is 140 Å². The first-order valence-corrected chi connectivity index (χ1v) is 7.88. The van der Waals surface area contributed by atoms with Crippen LogP contribution in [0.25, 0.3) is 22.4 Å². The van der Waals surface area contributed by atoms with E-state index in [4.69, 9.17) is 16.3 Å². The van der Waals surface area contributed by atoms with Crippen molar-refractivity contribution in [1.29, 1.82) is 0 Å². The third-order valence-corrected chi connectivity index (χ3v) is 3.99. The van der Waals surface area contributed by atoms with E-state index < -0.39 is 0 Å². The van der Waals surface area contributed by atoms with E-state index in [2.05, 4.69) is 25.9 Å². The van der Waals surface area contributed by atoms with Crippen LogP contribution in [-0.2, 0) is 4.74 Å². The highest BCUT2D eigenvalue weighted by atomic mass is 79.9. The molecule has 0 spiro atoms. The predicted octanol–water partition coefficient (Wildman–Crippen LogP) is 4.82. The molecule has 6 heteroatoms. The van der Waals surface area contributed by atoms with Crippen LogP contribution in [0.3, 0.4) is 0 Å². The Balaban J connectivity index is 2.10. The van der Waals surface area contributed by atoms with Crippen molar-refractivity contribution in [3.05, 3.63) is 51.5 Å². The molecule has 2 aromatic carbocycles. The van der Waals surface area contributed by atoms with Crippen molar-refractivity contribution in [3.8, 4) is 11.4 Å². The van der Waals surface area contributed by atoms with Gasteiger partial charge in [0.05, 0.1) is 17.7 Å². The minimum absolute atomic E-state index is 0.339. The maximum Gasteiger partial charge on any atom is 0.338 e.